The second-order valence-electron chi connectivity index (χ2n) is 7.37. The Morgan fingerprint density at radius 2 is 1.88 bits per heavy atom. The summed E-state index contributed by atoms with van der Waals surface area (Å²) in [7, 11) is 0. The number of hydrogen-bond donors (Lipinski definition) is 1. The van der Waals surface area contributed by atoms with Gasteiger partial charge in [0.05, 0.1) is 0 Å². The lowest BCUT2D eigenvalue weighted by molar-refractivity contribution is -0.116. The molecule has 0 spiro atoms. The summed E-state index contributed by atoms with van der Waals surface area (Å²) in [6, 6.07) is 1.74. The number of carbonyl (C=O) groups excluding carboxylic acids is 1. The molecule has 0 saturated carbocycles. The molecule has 0 saturated heterocycles. The van der Waals surface area contributed by atoms with Gasteiger partial charge in [-0.05, 0) is 37.2 Å². The Kier molecular flexibility index (Phi) is 10.4. The van der Waals surface area contributed by atoms with E-state index in [9.17, 15) is 9.59 Å². The molecular formula is C19H32N2O2S2. The fourth-order valence-electron chi connectivity index (χ4n) is 2.79. The Hall–Kier alpha value is -0.880. The molecular weight excluding hydrogens is 352 g/mol. The van der Waals surface area contributed by atoms with Crippen LogP contribution in [0.15, 0.2) is 17.1 Å². The van der Waals surface area contributed by atoms with Gasteiger partial charge in [0.25, 0.3) is 0 Å². The van der Waals surface area contributed by atoms with Crippen molar-refractivity contribution in [1.29, 1.82) is 0 Å². The van der Waals surface area contributed by atoms with Crippen molar-refractivity contribution in [2.75, 3.05) is 5.75 Å². The van der Waals surface area contributed by atoms with Crippen LogP contribution in [0.2, 0.25) is 0 Å². The third-order valence-corrected chi connectivity index (χ3v) is 5.59. The normalized spacial score (nSPS) is 12.7. The lowest BCUT2D eigenvalue weighted by Gasteiger charge is -2.20. The Bertz CT molecular complexity index is 635. The third kappa shape index (κ3) is 8.86. The highest BCUT2D eigenvalue weighted by Gasteiger charge is 2.23. The number of carbonyl (C=O) groups is 1. The number of aromatic nitrogens is 2. The molecule has 0 fully saturated rings. The predicted octanol–water partition coefficient (Wildman–Crippen LogP) is 5.04. The van der Waals surface area contributed by atoms with E-state index in [1.54, 1.807) is 16.8 Å². The van der Waals surface area contributed by atoms with Crippen molar-refractivity contribution in [2.45, 2.75) is 66.3 Å². The van der Waals surface area contributed by atoms with Gasteiger partial charge in [0, 0.05) is 24.4 Å². The predicted molar refractivity (Wildman–Crippen MR) is 110 cm³/mol. The van der Waals surface area contributed by atoms with E-state index in [0.29, 0.717) is 28.1 Å². The van der Waals surface area contributed by atoms with Crippen LogP contribution in [0.1, 0.15) is 59.8 Å². The van der Waals surface area contributed by atoms with E-state index in [2.05, 4.69) is 32.7 Å². The summed E-state index contributed by atoms with van der Waals surface area (Å²) >= 11 is 6.42. The molecule has 1 aromatic heterocycles. The molecule has 1 aromatic rings. The number of aryl methyl sites for hydroxylation is 1. The third-order valence-electron chi connectivity index (χ3n) is 4.27. The number of aromatic amines is 1. The molecule has 1 unspecified atom stereocenters. The lowest BCUT2D eigenvalue weighted by Crippen LogP contribution is -2.22. The van der Waals surface area contributed by atoms with Crippen LogP contribution in [0.3, 0.4) is 0 Å². The van der Waals surface area contributed by atoms with Crippen LogP contribution in [0.4, 0.5) is 0 Å². The van der Waals surface area contributed by atoms with Crippen LogP contribution in [-0.4, -0.2) is 20.4 Å². The molecule has 6 heteroatoms. The summed E-state index contributed by atoms with van der Waals surface area (Å²) in [6.07, 6.45) is 6.90. The summed E-state index contributed by atoms with van der Waals surface area (Å²) in [5, 5.41) is 0.356. The fourth-order valence-corrected chi connectivity index (χ4v) is 4.07. The van der Waals surface area contributed by atoms with Gasteiger partial charge >= 0.3 is 5.69 Å². The Labute approximate surface area is 160 Å². The van der Waals surface area contributed by atoms with E-state index < -0.39 is 0 Å². The summed E-state index contributed by atoms with van der Waals surface area (Å²) in [4.78, 5) is 26.7. The van der Waals surface area contributed by atoms with Crippen molar-refractivity contribution in [2.24, 2.45) is 17.8 Å². The van der Waals surface area contributed by atoms with Crippen molar-refractivity contribution in [3.05, 3.63) is 27.4 Å². The maximum atomic E-state index is 12.4. The van der Waals surface area contributed by atoms with E-state index in [-0.39, 0.29) is 11.6 Å². The standard InChI is InChI=1S/C19H32N2O2S2/c1-14(2)13-16(15(3)4)18(22)25-12-8-6-5-7-10-21-11-9-17(24)20-19(21)23/h9,11,14-16H,5-8,10,12-13H2,1-4H3,(H,20,23,24). The van der Waals surface area contributed by atoms with Crippen LogP contribution in [0.25, 0.3) is 0 Å². The summed E-state index contributed by atoms with van der Waals surface area (Å²) in [5.74, 6) is 2.06. The zero-order valence-electron chi connectivity index (χ0n) is 15.9. The molecule has 0 bridgehead atoms. The summed E-state index contributed by atoms with van der Waals surface area (Å²) in [5.41, 5.74) is -0.140. The average Bonchev–Trinajstić information content (AvgIpc) is 2.52. The van der Waals surface area contributed by atoms with Crippen LogP contribution in [0, 0.1) is 22.4 Å². The van der Waals surface area contributed by atoms with Gasteiger partial charge in [-0.3, -0.25) is 9.78 Å². The van der Waals surface area contributed by atoms with Crippen LogP contribution in [-0.2, 0) is 11.3 Å². The Morgan fingerprint density at radius 1 is 1.20 bits per heavy atom. The number of hydrogen-bond acceptors (Lipinski definition) is 4. The number of nitrogens with zero attached hydrogens (tertiary/aromatic N) is 1. The van der Waals surface area contributed by atoms with Crippen molar-refractivity contribution >= 4 is 29.1 Å². The summed E-state index contributed by atoms with van der Waals surface area (Å²) in [6.45, 7) is 9.35. The van der Waals surface area contributed by atoms with Gasteiger partial charge in [-0.25, -0.2) is 4.79 Å². The smallest absolute Gasteiger partial charge is 0.301 e. The molecule has 0 radical (unpaired) electrons. The van der Waals surface area contributed by atoms with Crippen molar-refractivity contribution in [3.8, 4) is 0 Å². The molecule has 1 rings (SSSR count). The van der Waals surface area contributed by atoms with E-state index in [1.807, 2.05) is 0 Å². The maximum Gasteiger partial charge on any atom is 0.326 e. The molecule has 1 atom stereocenters. The van der Waals surface area contributed by atoms with Gasteiger partial charge in [0.15, 0.2) is 5.12 Å². The zero-order chi connectivity index (χ0) is 18.8. The number of unbranched alkanes of at least 4 members (excludes halogenated alkanes) is 3. The summed E-state index contributed by atoms with van der Waals surface area (Å²) < 4.78 is 2.13. The number of nitrogens with one attached hydrogen (secondary N) is 1. The fraction of sp³-hybridized carbons (Fsp3) is 0.737. The number of H-pyrrole nitrogens is 1. The SMILES string of the molecule is CC(C)CC(C(=O)SCCCCCCn1ccc(=S)[nH]c1=O)C(C)C. The zero-order valence-corrected chi connectivity index (χ0v) is 17.5. The maximum absolute atomic E-state index is 12.4. The minimum atomic E-state index is -0.140. The molecule has 0 aliphatic heterocycles. The van der Waals surface area contributed by atoms with Gasteiger partial charge in [-0.15, -0.1) is 0 Å². The number of thioether (sulfide) groups is 1. The van der Waals surface area contributed by atoms with Gasteiger partial charge in [0.1, 0.15) is 4.64 Å². The quantitative estimate of drug-likeness (QED) is 0.429. The van der Waals surface area contributed by atoms with Crippen molar-refractivity contribution in [1.82, 2.24) is 9.55 Å². The molecule has 0 amide bonds. The minimum Gasteiger partial charge on any atom is -0.301 e. The van der Waals surface area contributed by atoms with Crippen LogP contribution in [0.5, 0.6) is 0 Å². The largest absolute Gasteiger partial charge is 0.326 e. The van der Waals surface area contributed by atoms with Gasteiger partial charge in [-0.2, -0.15) is 0 Å². The minimum absolute atomic E-state index is 0.140. The van der Waals surface area contributed by atoms with Gasteiger partial charge in [-0.1, -0.05) is 64.5 Å². The molecule has 0 aliphatic carbocycles. The van der Waals surface area contributed by atoms with Crippen LogP contribution >= 0.6 is 24.0 Å². The van der Waals surface area contributed by atoms with E-state index >= 15 is 0 Å². The lowest BCUT2D eigenvalue weighted by atomic mass is 9.89. The molecule has 1 heterocycles. The van der Waals surface area contributed by atoms with Crippen molar-refractivity contribution in [3.63, 3.8) is 0 Å². The molecule has 25 heavy (non-hydrogen) atoms. The molecule has 142 valence electrons. The van der Waals surface area contributed by atoms with Gasteiger partial charge in [0.2, 0.25) is 0 Å². The first-order valence-corrected chi connectivity index (χ1v) is 10.7. The highest BCUT2D eigenvalue weighted by Crippen LogP contribution is 2.26. The highest BCUT2D eigenvalue weighted by atomic mass is 32.2. The van der Waals surface area contributed by atoms with Crippen molar-refractivity contribution < 1.29 is 4.79 Å². The first-order chi connectivity index (χ1) is 11.8. The van der Waals surface area contributed by atoms with E-state index in [1.165, 1.54) is 11.8 Å². The Balaban J connectivity index is 2.20. The van der Waals surface area contributed by atoms with Crippen LogP contribution < -0.4 is 5.69 Å². The molecule has 4 nitrogen and oxygen atoms in total. The van der Waals surface area contributed by atoms with E-state index in [0.717, 1.165) is 37.9 Å². The topological polar surface area (TPSA) is 54.9 Å². The molecule has 0 aromatic carbocycles. The first kappa shape index (κ1) is 22.2. The first-order valence-electron chi connectivity index (χ1n) is 9.27. The molecule has 0 aliphatic rings. The van der Waals surface area contributed by atoms with E-state index in [4.69, 9.17) is 12.2 Å². The molecule has 1 N–H and O–H groups in total. The average molecular weight is 385 g/mol. The second kappa shape index (κ2) is 11.7. The van der Waals surface area contributed by atoms with Gasteiger partial charge < -0.3 is 4.57 Å². The second-order valence-corrected chi connectivity index (χ2v) is 8.90. The Morgan fingerprint density at radius 3 is 2.48 bits per heavy atom. The monoisotopic (exact) mass is 384 g/mol. The number of rotatable bonds is 11. The highest BCUT2D eigenvalue weighted by molar-refractivity contribution is 8.13.